The van der Waals surface area contributed by atoms with Crippen LogP contribution in [0.25, 0.3) is 0 Å². The Kier molecular flexibility index (Phi) is 4.34. The predicted molar refractivity (Wildman–Crippen MR) is 78.1 cm³/mol. The van der Waals surface area contributed by atoms with E-state index in [1.165, 1.54) is 0 Å². The molecule has 0 spiro atoms. The van der Waals surface area contributed by atoms with E-state index in [4.69, 9.17) is 0 Å². The quantitative estimate of drug-likeness (QED) is 0.672. The Labute approximate surface area is 125 Å². The zero-order valence-electron chi connectivity index (χ0n) is 12.1. The topological polar surface area (TPSA) is 85.0 Å². The van der Waals surface area contributed by atoms with Crippen LogP contribution in [0.4, 0.5) is 4.79 Å². The fraction of sp³-hybridized carbons (Fsp3) is 0.917. The fourth-order valence-corrected chi connectivity index (χ4v) is 4.90. The van der Waals surface area contributed by atoms with Crippen molar-refractivity contribution in [3.8, 4) is 0 Å². The number of rotatable bonds is 3. The molecule has 120 valence electrons. The molecule has 21 heavy (non-hydrogen) atoms. The molecule has 0 saturated carbocycles. The molecule has 9 heteroatoms. The van der Waals surface area contributed by atoms with Gasteiger partial charge in [-0.25, -0.2) is 4.79 Å². The van der Waals surface area contributed by atoms with Crippen LogP contribution in [-0.2, 0) is 10.2 Å². The molecular formula is C12H23N5O3S. The van der Waals surface area contributed by atoms with E-state index in [2.05, 4.69) is 10.6 Å². The van der Waals surface area contributed by atoms with Gasteiger partial charge in [0.15, 0.2) is 0 Å². The minimum absolute atomic E-state index is 0.0154. The van der Waals surface area contributed by atoms with E-state index in [1.54, 1.807) is 8.61 Å². The number of nitrogens with zero attached hydrogens (tertiary/aromatic N) is 3. The maximum atomic E-state index is 12.6. The van der Waals surface area contributed by atoms with Crippen LogP contribution >= 0.6 is 0 Å². The predicted octanol–water partition coefficient (Wildman–Crippen LogP) is -1.37. The Balaban J connectivity index is 1.58. The highest BCUT2D eigenvalue weighted by molar-refractivity contribution is 7.86. The van der Waals surface area contributed by atoms with E-state index in [1.807, 2.05) is 4.90 Å². The van der Waals surface area contributed by atoms with E-state index in [9.17, 15) is 13.2 Å². The molecule has 2 amide bonds. The zero-order chi connectivity index (χ0) is 14.9. The molecule has 0 aromatic rings. The maximum absolute atomic E-state index is 12.6. The lowest BCUT2D eigenvalue weighted by molar-refractivity contribution is 0.164. The number of urea groups is 1. The van der Waals surface area contributed by atoms with Gasteiger partial charge in [0.25, 0.3) is 10.2 Å². The number of piperidine rings is 1. The number of carbonyl (C=O) groups is 1. The SMILES string of the molecule is O=C1NCCN1C1CCN(S(=O)(=O)N2CCNCC2)CC1. The highest BCUT2D eigenvalue weighted by atomic mass is 32.2. The Morgan fingerprint density at radius 1 is 0.905 bits per heavy atom. The van der Waals surface area contributed by atoms with E-state index >= 15 is 0 Å². The first kappa shape index (κ1) is 15.0. The minimum Gasteiger partial charge on any atom is -0.336 e. The summed E-state index contributed by atoms with van der Waals surface area (Å²) < 4.78 is 28.3. The van der Waals surface area contributed by atoms with Crippen LogP contribution in [0.3, 0.4) is 0 Å². The molecule has 3 aliphatic heterocycles. The molecule has 3 heterocycles. The third-order valence-electron chi connectivity index (χ3n) is 4.48. The molecule has 3 aliphatic rings. The summed E-state index contributed by atoms with van der Waals surface area (Å²) in [6, 6.07) is 0.153. The lowest BCUT2D eigenvalue weighted by Crippen LogP contribution is -2.55. The average Bonchev–Trinajstić information content (AvgIpc) is 2.94. The van der Waals surface area contributed by atoms with Crippen molar-refractivity contribution in [2.45, 2.75) is 18.9 Å². The Bertz CT molecular complexity index is 483. The third kappa shape index (κ3) is 3.01. The van der Waals surface area contributed by atoms with Crippen LogP contribution in [-0.4, -0.2) is 86.4 Å². The molecule has 0 radical (unpaired) electrons. The molecule has 2 N–H and O–H groups in total. The van der Waals surface area contributed by atoms with E-state index < -0.39 is 10.2 Å². The molecule has 0 atom stereocenters. The standard InChI is InChI=1S/C12H23N5O3S/c18-12-14-5-10-17(12)11-1-6-15(7-2-11)21(19,20)16-8-3-13-4-9-16/h11,13H,1-10H2,(H,14,18). The molecule has 0 aliphatic carbocycles. The van der Waals surface area contributed by atoms with Crippen LogP contribution in [0.1, 0.15) is 12.8 Å². The summed E-state index contributed by atoms with van der Waals surface area (Å²) >= 11 is 0. The first-order valence-corrected chi connectivity index (χ1v) is 8.99. The van der Waals surface area contributed by atoms with Gasteiger partial charge in [-0.05, 0) is 12.8 Å². The molecule has 0 unspecified atom stereocenters. The number of hydrogen-bond donors (Lipinski definition) is 2. The molecule has 0 bridgehead atoms. The lowest BCUT2D eigenvalue weighted by Gasteiger charge is -2.38. The molecule has 8 nitrogen and oxygen atoms in total. The molecule has 3 saturated heterocycles. The van der Waals surface area contributed by atoms with Crippen LogP contribution in [0.15, 0.2) is 0 Å². The fourth-order valence-electron chi connectivity index (χ4n) is 3.26. The van der Waals surface area contributed by atoms with Crippen molar-refractivity contribution in [3.63, 3.8) is 0 Å². The van der Waals surface area contributed by atoms with Gasteiger partial charge < -0.3 is 15.5 Å². The zero-order valence-corrected chi connectivity index (χ0v) is 12.9. The summed E-state index contributed by atoms with van der Waals surface area (Å²) in [4.78, 5) is 13.5. The van der Waals surface area contributed by atoms with E-state index in [-0.39, 0.29) is 12.1 Å². The number of amides is 2. The normalized spacial score (nSPS) is 27.0. The lowest BCUT2D eigenvalue weighted by atomic mass is 10.1. The van der Waals surface area contributed by atoms with Crippen molar-refractivity contribution in [2.24, 2.45) is 0 Å². The summed E-state index contributed by atoms with van der Waals surface area (Å²) in [5.41, 5.74) is 0. The van der Waals surface area contributed by atoms with Gasteiger partial charge in [-0.3, -0.25) is 0 Å². The second kappa shape index (κ2) is 6.07. The highest BCUT2D eigenvalue weighted by Crippen LogP contribution is 2.22. The number of nitrogens with one attached hydrogen (secondary N) is 2. The van der Waals surface area contributed by atoms with Crippen LogP contribution < -0.4 is 10.6 Å². The van der Waals surface area contributed by atoms with Gasteiger partial charge in [0.1, 0.15) is 0 Å². The van der Waals surface area contributed by atoms with E-state index in [0.29, 0.717) is 45.8 Å². The largest absolute Gasteiger partial charge is 0.336 e. The van der Waals surface area contributed by atoms with Crippen molar-refractivity contribution in [1.82, 2.24) is 24.1 Å². The molecule has 3 fully saturated rings. The maximum Gasteiger partial charge on any atom is 0.317 e. The average molecular weight is 317 g/mol. The van der Waals surface area contributed by atoms with Gasteiger partial charge in [0, 0.05) is 58.4 Å². The molecular weight excluding hydrogens is 294 g/mol. The van der Waals surface area contributed by atoms with Crippen molar-refractivity contribution >= 4 is 16.2 Å². The highest BCUT2D eigenvalue weighted by Gasteiger charge is 2.36. The third-order valence-corrected chi connectivity index (χ3v) is 6.52. The second-order valence-electron chi connectivity index (χ2n) is 5.71. The number of piperazine rings is 1. The van der Waals surface area contributed by atoms with Crippen LogP contribution in [0, 0.1) is 0 Å². The Morgan fingerprint density at radius 2 is 1.52 bits per heavy atom. The monoisotopic (exact) mass is 317 g/mol. The minimum atomic E-state index is -3.34. The van der Waals surface area contributed by atoms with Gasteiger partial charge in [0.2, 0.25) is 0 Å². The number of hydrogen-bond acceptors (Lipinski definition) is 4. The first-order chi connectivity index (χ1) is 10.1. The van der Waals surface area contributed by atoms with Crippen molar-refractivity contribution in [3.05, 3.63) is 0 Å². The summed E-state index contributed by atoms with van der Waals surface area (Å²) in [6.45, 7) is 4.93. The summed E-state index contributed by atoms with van der Waals surface area (Å²) in [6.07, 6.45) is 1.44. The van der Waals surface area contributed by atoms with Crippen LogP contribution in [0.2, 0.25) is 0 Å². The molecule has 3 rings (SSSR count). The van der Waals surface area contributed by atoms with Crippen molar-refractivity contribution in [2.75, 3.05) is 52.4 Å². The van der Waals surface area contributed by atoms with Gasteiger partial charge in [-0.15, -0.1) is 0 Å². The van der Waals surface area contributed by atoms with E-state index in [0.717, 1.165) is 19.4 Å². The Morgan fingerprint density at radius 3 is 2.10 bits per heavy atom. The smallest absolute Gasteiger partial charge is 0.317 e. The van der Waals surface area contributed by atoms with Crippen molar-refractivity contribution in [1.29, 1.82) is 0 Å². The van der Waals surface area contributed by atoms with Crippen LogP contribution in [0.5, 0.6) is 0 Å². The molecule has 0 aromatic carbocycles. The van der Waals surface area contributed by atoms with Gasteiger partial charge in [-0.1, -0.05) is 0 Å². The second-order valence-corrected chi connectivity index (χ2v) is 7.64. The van der Waals surface area contributed by atoms with Crippen molar-refractivity contribution < 1.29 is 13.2 Å². The first-order valence-electron chi connectivity index (χ1n) is 7.59. The summed E-state index contributed by atoms with van der Waals surface area (Å²) in [5.74, 6) is 0. The Hall–Kier alpha value is -0.900. The number of carbonyl (C=O) groups excluding carboxylic acids is 1. The molecule has 0 aromatic heterocycles. The van der Waals surface area contributed by atoms with Gasteiger partial charge in [-0.2, -0.15) is 17.0 Å². The summed E-state index contributed by atoms with van der Waals surface area (Å²) in [5, 5.41) is 5.96. The van der Waals surface area contributed by atoms with Gasteiger partial charge in [0.05, 0.1) is 0 Å². The summed E-state index contributed by atoms with van der Waals surface area (Å²) in [7, 11) is -3.34. The van der Waals surface area contributed by atoms with Gasteiger partial charge >= 0.3 is 6.03 Å².